The maximum atomic E-state index is 13.8. The van der Waals surface area contributed by atoms with E-state index in [4.69, 9.17) is 10.5 Å². The van der Waals surface area contributed by atoms with Gasteiger partial charge in [-0.05, 0) is 23.3 Å². The number of benzene rings is 2. The summed E-state index contributed by atoms with van der Waals surface area (Å²) in [6.45, 7) is -0.206. The van der Waals surface area contributed by atoms with E-state index >= 15 is 0 Å². The molecular weight excluding hydrogens is 383 g/mol. The number of carboxylic acids is 2. The van der Waals surface area contributed by atoms with Crippen LogP contribution in [0.15, 0.2) is 53.3 Å². The second kappa shape index (κ2) is 7.85. The third kappa shape index (κ3) is 3.79. The van der Waals surface area contributed by atoms with Crippen molar-refractivity contribution in [3.8, 4) is 16.9 Å². The summed E-state index contributed by atoms with van der Waals surface area (Å²) in [6, 6.07) is 11.8. The Morgan fingerprint density at radius 1 is 1.00 bits per heavy atom. The fraction of sp³-hybridized carbons (Fsp3) is 0.0500. The largest absolute Gasteiger partial charge is 0.486 e. The van der Waals surface area contributed by atoms with E-state index in [0.29, 0.717) is 5.56 Å². The Kier molecular flexibility index (Phi) is 5.31. The summed E-state index contributed by atoms with van der Waals surface area (Å²) in [4.78, 5) is 37.7. The van der Waals surface area contributed by atoms with Crippen molar-refractivity contribution in [1.29, 1.82) is 0 Å². The fourth-order valence-corrected chi connectivity index (χ4v) is 2.92. The molecule has 0 unspecified atom stereocenters. The van der Waals surface area contributed by atoms with Crippen LogP contribution in [-0.4, -0.2) is 27.1 Å². The number of para-hydroxylation sites is 1. The van der Waals surface area contributed by atoms with Crippen molar-refractivity contribution in [3.05, 3.63) is 81.4 Å². The van der Waals surface area contributed by atoms with Crippen LogP contribution in [0.3, 0.4) is 0 Å². The number of H-pyrrole nitrogens is 1. The molecule has 148 valence electrons. The molecule has 0 aliphatic carbocycles. The zero-order valence-electron chi connectivity index (χ0n) is 14.8. The van der Waals surface area contributed by atoms with Crippen molar-refractivity contribution in [2.24, 2.45) is 0 Å². The number of carbonyl (C=O) groups is 2. The number of halogens is 1. The Bertz CT molecular complexity index is 1170. The number of aromatic nitrogens is 1. The lowest BCUT2D eigenvalue weighted by Crippen LogP contribution is -2.24. The molecule has 0 aliphatic heterocycles. The minimum Gasteiger partial charge on any atom is -0.486 e. The number of nitrogen functional groups attached to an aromatic ring is 1. The number of aromatic carboxylic acids is 2. The van der Waals surface area contributed by atoms with Crippen LogP contribution in [0.1, 0.15) is 26.3 Å². The van der Waals surface area contributed by atoms with Crippen LogP contribution in [0.4, 0.5) is 10.2 Å². The topological polar surface area (TPSA) is 143 Å². The van der Waals surface area contributed by atoms with Crippen molar-refractivity contribution in [1.82, 2.24) is 4.98 Å². The first-order chi connectivity index (χ1) is 13.8. The van der Waals surface area contributed by atoms with Crippen LogP contribution in [0.2, 0.25) is 0 Å². The lowest BCUT2D eigenvalue weighted by Gasteiger charge is -2.16. The number of nitrogens with two attached hydrogens (primary N) is 1. The van der Waals surface area contributed by atoms with E-state index < -0.39 is 40.3 Å². The van der Waals surface area contributed by atoms with Gasteiger partial charge in [0.05, 0.1) is 0 Å². The third-order valence-electron chi connectivity index (χ3n) is 4.18. The third-order valence-corrected chi connectivity index (χ3v) is 4.18. The molecule has 8 nitrogen and oxygen atoms in total. The van der Waals surface area contributed by atoms with Gasteiger partial charge in [0, 0.05) is 5.56 Å². The van der Waals surface area contributed by atoms with Gasteiger partial charge < -0.3 is 25.7 Å². The molecule has 0 amide bonds. The summed E-state index contributed by atoms with van der Waals surface area (Å²) in [6.07, 6.45) is 0. The average molecular weight is 398 g/mol. The van der Waals surface area contributed by atoms with Gasteiger partial charge in [0.25, 0.3) is 5.56 Å². The van der Waals surface area contributed by atoms with E-state index in [0.717, 1.165) is 0 Å². The van der Waals surface area contributed by atoms with Gasteiger partial charge in [0.1, 0.15) is 23.6 Å². The monoisotopic (exact) mass is 398 g/mol. The summed E-state index contributed by atoms with van der Waals surface area (Å²) in [7, 11) is 0. The van der Waals surface area contributed by atoms with Crippen molar-refractivity contribution in [3.63, 3.8) is 0 Å². The van der Waals surface area contributed by atoms with Gasteiger partial charge in [-0.3, -0.25) is 4.79 Å². The molecule has 9 heteroatoms. The maximum Gasteiger partial charge on any atom is 0.342 e. The number of rotatable bonds is 6. The molecule has 0 spiro atoms. The zero-order chi connectivity index (χ0) is 21.1. The highest BCUT2D eigenvalue weighted by atomic mass is 19.1. The van der Waals surface area contributed by atoms with Crippen LogP contribution in [0.5, 0.6) is 5.75 Å². The van der Waals surface area contributed by atoms with E-state index in [-0.39, 0.29) is 23.5 Å². The molecule has 1 heterocycles. The van der Waals surface area contributed by atoms with Gasteiger partial charge in [-0.15, -0.1) is 0 Å². The molecule has 3 aromatic rings. The minimum atomic E-state index is -1.62. The average Bonchev–Trinajstić information content (AvgIpc) is 2.66. The molecular formula is C20H15FN2O6. The number of pyridine rings is 1. The van der Waals surface area contributed by atoms with E-state index in [1.54, 1.807) is 18.2 Å². The first kappa shape index (κ1) is 19.6. The Hall–Kier alpha value is -4.14. The molecule has 0 saturated heterocycles. The molecule has 0 saturated carbocycles. The Balaban J connectivity index is 2.20. The predicted molar refractivity (Wildman–Crippen MR) is 102 cm³/mol. The van der Waals surface area contributed by atoms with Crippen molar-refractivity contribution >= 4 is 17.8 Å². The quantitative estimate of drug-likeness (QED) is 0.500. The minimum absolute atomic E-state index is 0.0374. The maximum absolute atomic E-state index is 13.8. The van der Waals surface area contributed by atoms with Gasteiger partial charge in [-0.25, -0.2) is 14.0 Å². The number of ether oxygens (including phenoxy) is 1. The highest BCUT2D eigenvalue weighted by molar-refractivity contribution is 6.07. The number of hydrogen-bond donors (Lipinski definition) is 4. The molecule has 5 N–H and O–H groups in total. The molecule has 0 aliphatic rings. The Morgan fingerprint density at radius 3 is 2.28 bits per heavy atom. The van der Waals surface area contributed by atoms with Crippen LogP contribution in [-0.2, 0) is 6.61 Å². The van der Waals surface area contributed by atoms with Gasteiger partial charge in [0.15, 0.2) is 11.6 Å². The van der Waals surface area contributed by atoms with Crippen molar-refractivity contribution < 1.29 is 28.9 Å². The number of nitrogens with one attached hydrogen (secondary N) is 1. The summed E-state index contributed by atoms with van der Waals surface area (Å²) in [5, 5.41) is 19.1. The predicted octanol–water partition coefficient (Wildman–Crippen LogP) is 2.74. The van der Waals surface area contributed by atoms with E-state index in [1.807, 2.05) is 4.98 Å². The Morgan fingerprint density at radius 2 is 1.62 bits per heavy atom. The molecule has 29 heavy (non-hydrogen) atoms. The zero-order valence-corrected chi connectivity index (χ0v) is 14.8. The summed E-state index contributed by atoms with van der Waals surface area (Å²) in [5.74, 6) is -4.24. The highest BCUT2D eigenvalue weighted by Gasteiger charge is 2.27. The summed E-state index contributed by atoms with van der Waals surface area (Å²) in [5.41, 5.74) is 3.40. The number of carboxylic acid groups (broad SMARTS) is 2. The van der Waals surface area contributed by atoms with Crippen LogP contribution in [0, 0.1) is 5.82 Å². The molecule has 0 bridgehead atoms. The van der Waals surface area contributed by atoms with Gasteiger partial charge >= 0.3 is 11.9 Å². The van der Waals surface area contributed by atoms with Crippen molar-refractivity contribution in [2.45, 2.75) is 6.61 Å². The van der Waals surface area contributed by atoms with Crippen molar-refractivity contribution in [2.75, 3.05) is 5.73 Å². The molecule has 0 radical (unpaired) electrons. The molecule has 3 rings (SSSR count). The molecule has 1 aromatic heterocycles. The summed E-state index contributed by atoms with van der Waals surface area (Å²) < 4.78 is 19.3. The van der Waals surface area contributed by atoms with Gasteiger partial charge in [-0.2, -0.15) is 0 Å². The first-order valence-corrected chi connectivity index (χ1v) is 8.29. The van der Waals surface area contributed by atoms with Gasteiger partial charge in [-0.1, -0.05) is 36.4 Å². The van der Waals surface area contributed by atoms with Crippen LogP contribution in [0.25, 0.3) is 11.1 Å². The number of hydrogen-bond acceptors (Lipinski definition) is 5. The second-order valence-electron chi connectivity index (χ2n) is 5.98. The molecule has 0 fully saturated rings. The normalized spacial score (nSPS) is 10.5. The lowest BCUT2D eigenvalue weighted by molar-refractivity contribution is 0.0695. The standard InChI is InChI=1S/C20H15FN2O6/c21-12-7-3-4-8-13(12)29-9-10-5-1-2-6-11(10)14-15(19(25)26)17(22)23-18(24)16(14)20(27)28/h1-8H,9H2,(H,25,26)(H,27,28)(H3,22,23,24). The summed E-state index contributed by atoms with van der Waals surface area (Å²) >= 11 is 0. The number of aromatic amines is 1. The molecule has 0 atom stereocenters. The first-order valence-electron chi connectivity index (χ1n) is 8.29. The van der Waals surface area contributed by atoms with Crippen LogP contribution >= 0.6 is 0 Å². The lowest BCUT2D eigenvalue weighted by atomic mass is 9.92. The highest BCUT2D eigenvalue weighted by Crippen LogP contribution is 2.32. The van der Waals surface area contributed by atoms with Crippen LogP contribution < -0.4 is 16.0 Å². The van der Waals surface area contributed by atoms with E-state index in [9.17, 15) is 29.0 Å². The molecule has 2 aromatic carbocycles. The smallest absolute Gasteiger partial charge is 0.342 e. The SMILES string of the molecule is Nc1[nH]c(=O)c(C(=O)O)c(-c2ccccc2COc2ccccc2F)c1C(=O)O. The fourth-order valence-electron chi connectivity index (χ4n) is 2.92. The van der Waals surface area contributed by atoms with Gasteiger partial charge in [0.2, 0.25) is 0 Å². The van der Waals surface area contributed by atoms with E-state index in [2.05, 4.69) is 0 Å². The second-order valence-corrected chi connectivity index (χ2v) is 5.98. The van der Waals surface area contributed by atoms with E-state index in [1.165, 1.54) is 30.3 Å². The number of anilines is 1. The Labute approximate surface area is 163 Å².